The minimum absolute atomic E-state index is 0.168. The molecule has 1 saturated carbocycles. The minimum atomic E-state index is -3.50. The Morgan fingerprint density at radius 3 is 2.80 bits per heavy atom. The molecule has 1 aromatic rings. The molecule has 0 amide bonds. The molecule has 20 heavy (non-hydrogen) atoms. The lowest BCUT2D eigenvalue weighted by Crippen LogP contribution is -2.27. The third kappa shape index (κ3) is 4.73. The molecule has 0 radical (unpaired) electrons. The van der Waals surface area contributed by atoms with Crippen LogP contribution in [0.3, 0.4) is 0 Å². The van der Waals surface area contributed by atoms with E-state index in [0.717, 1.165) is 13.2 Å². The predicted molar refractivity (Wildman–Crippen MR) is 77.1 cm³/mol. The van der Waals surface area contributed by atoms with E-state index in [4.69, 9.17) is 4.74 Å². The number of pyridine rings is 1. The highest BCUT2D eigenvalue weighted by atomic mass is 32.2. The molecule has 1 fully saturated rings. The van der Waals surface area contributed by atoms with E-state index in [2.05, 4.69) is 15.0 Å². The molecule has 0 atom stereocenters. The van der Waals surface area contributed by atoms with Crippen molar-refractivity contribution in [1.29, 1.82) is 0 Å². The van der Waals surface area contributed by atoms with E-state index in [0.29, 0.717) is 18.3 Å². The van der Waals surface area contributed by atoms with Gasteiger partial charge in [0.1, 0.15) is 10.7 Å². The Kier molecular flexibility index (Phi) is 5.33. The minimum Gasteiger partial charge on any atom is -0.380 e. The van der Waals surface area contributed by atoms with Crippen LogP contribution < -0.4 is 10.0 Å². The van der Waals surface area contributed by atoms with Crippen molar-refractivity contribution in [2.75, 3.05) is 31.6 Å². The molecule has 0 unspecified atom stereocenters. The zero-order chi connectivity index (χ0) is 14.4. The molecule has 112 valence electrons. The average molecular weight is 299 g/mol. The molecule has 1 aromatic heterocycles. The highest BCUT2D eigenvalue weighted by Gasteiger charge is 2.21. The Labute approximate surface area is 120 Å². The average Bonchev–Trinajstić information content (AvgIpc) is 3.23. The lowest BCUT2D eigenvalue weighted by molar-refractivity contribution is 0.129. The van der Waals surface area contributed by atoms with Gasteiger partial charge in [-0.15, -0.1) is 0 Å². The summed E-state index contributed by atoms with van der Waals surface area (Å²) in [5.74, 6) is 1.36. The van der Waals surface area contributed by atoms with E-state index in [9.17, 15) is 8.42 Å². The summed E-state index contributed by atoms with van der Waals surface area (Å²) in [6.45, 7) is 4.12. The number of anilines is 1. The monoisotopic (exact) mass is 299 g/mol. The molecule has 6 nitrogen and oxygen atoms in total. The molecule has 7 heteroatoms. The fourth-order valence-electron chi connectivity index (χ4n) is 1.69. The van der Waals surface area contributed by atoms with Crippen molar-refractivity contribution in [3.05, 3.63) is 18.3 Å². The van der Waals surface area contributed by atoms with Crippen LogP contribution in [0, 0.1) is 5.92 Å². The van der Waals surface area contributed by atoms with E-state index >= 15 is 0 Å². The van der Waals surface area contributed by atoms with Gasteiger partial charge in [-0.2, -0.15) is 0 Å². The van der Waals surface area contributed by atoms with Gasteiger partial charge >= 0.3 is 0 Å². The van der Waals surface area contributed by atoms with Gasteiger partial charge in [0.2, 0.25) is 10.0 Å². The molecule has 0 bridgehead atoms. The van der Waals surface area contributed by atoms with Crippen molar-refractivity contribution in [2.24, 2.45) is 5.92 Å². The number of hydrogen-bond donors (Lipinski definition) is 2. The molecule has 1 aliphatic carbocycles. The number of nitrogens with zero attached hydrogens (tertiary/aromatic N) is 1. The number of hydrogen-bond acceptors (Lipinski definition) is 5. The zero-order valence-electron chi connectivity index (χ0n) is 11.6. The molecule has 1 heterocycles. The second-order valence-corrected chi connectivity index (χ2v) is 6.59. The van der Waals surface area contributed by atoms with E-state index in [1.807, 2.05) is 6.92 Å². The van der Waals surface area contributed by atoms with Crippen molar-refractivity contribution in [2.45, 2.75) is 24.7 Å². The summed E-state index contributed by atoms with van der Waals surface area (Å²) in [7, 11) is -3.50. The second kappa shape index (κ2) is 7.01. The number of sulfonamides is 1. The molecule has 0 aromatic carbocycles. The molecule has 1 aliphatic rings. The van der Waals surface area contributed by atoms with Crippen molar-refractivity contribution in [3.8, 4) is 0 Å². The molecule has 0 saturated heterocycles. The topological polar surface area (TPSA) is 80.3 Å². The van der Waals surface area contributed by atoms with Gasteiger partial charge in [0.15, 0.2) is 0 Å². The lowest BCUT2D eigenvalue weighted by Gasteiger charge is -2.08. The normalized spacial score (nSPS) is 15.2. The molecule has 2 N–H and O–H groups in total. The van der Waals surface area contributed by atoms with Gasteiger partial charge in [0, 0.05) is 25.9 Å². The third-order valence-corrected chi connectivity index (χ3v) is 4.44. The maximum absolute atomic E-state index is 12.0. The maximum Gasteiger partial charge on any atom is 0.242 e. The second-order valence-electron chi connectivity index (χ2n) is 4.83. The molecule has 2 rings (SSSR count). The summed E-state index contributed by atoms with van der Waals surface area (Å²) in [5, 5.41) is 3.02. The first kappa shape index (κ1) is 15.2. The van der Waals surface area contributed by atoms with Gasteiger partial charge in [0.25, 0.3) is 0 Å². The van der Waals surface area contributed by atoms with Crippen LogP contribution in [0.5, 0.6) is 0 Å². The van der Waals surface area contributed by atoms with Crippen LogP contribution in [0.1, 0.15) is 19.8 Å². The summed E-state index contributed by atoms with van der Waals surface area (Å²) in [6.07, 6.45) is 3.82. The van der Waals surface area contributed by atoms with Crippen LogP contribution in [0.2, 0.25) is 0 Å². The summed E-state index contributed by atoms with van der Waals surface area (Å²) in [4.78, 5) is 4.22. The molecular formula is C13H21N3O3S. The summed E-state index contributed by atoms with van der Waals surface area (Å²) in [6, 6.07) is 3.19. The standard InChI is InChI=1S/C13H21N3O3S/c1-2-14-13-6-5-12(9-15-13)20(17,18)16-7-8-19-10-11-3-4-11/h5-6,9,11,16H,2-4,7-8,10H2,1H3,(H,14,15). The van der Waals surface area contributed by atoms with E-state index in [-0.39, 0.29) is 11.4 Å². The Morgan fingerprint density at radius 2 is 2.20 bits per heavy atom. The van der Waals surface area contributed by atoms with Crippen molar-refractivity contribution in [3.63, 3.8) is 0 Å². The molecule has 0 aliphatic heterocycles. The smallest absolute Gasteiger partial charge is 0.242 e. The molecular weight excluding hydrogens is 278 g/mol. The van der Waals surface area contributed by atoms with Crippen LogP contribution in [-0.2, 0) is 14.8 Å². The van der Waals surface area contributed by atoms with Crippen LogP contribution >= 0.6 is 0 Å². The number of ether oxygens (including phenoxy) is 1. The highest BCUT2D eigenvalue weighted by Crippen LogP contribution is 2.28. The first-order valence-corrected chi connectivity index (χ1v) is 8.37. The Hall–Kier alpha value is -1.18. The largest absolute Gasteiger partial charge is 0.380 e. The Morgan fingerprint density at radius 1 is 1.40 bits per heavy atom. The third-order valence-electron chi connectivity index (χ3n) is 2.99. The van der Waals surface area contributed by atoms with Gasteiger partial charge in [-0.1, -0.05) is 0 Å². The van der Waals surface area contributed by atoms with Crippen LogP contribution in [-0.4, -0.2) is 39.7 Å². The Balaban J connectivity index is 1.78. The van der Waals surface area contributed by atoms with Crippen molar-refractivity contribution >= 4 is 15.8 Å². The number of aromatic nitrogens is 1. The number of nitrogens with one attached hydrogen (secondary N) is 2. The maximum atomic E-state index is 12.0. The van der Waals surface area contributed by atoms with E-state index < -0.39 is 10.0 Å². The lowest BCUT2D eigenvalue weighted by atomic mass is 10.4. The SMILES string of the molecule is CCNc1ccc(S(=O)(=O)NCCOCC2CC2)cn1. The molecule has 0 spiro atoms. The zero-order valence-corrected chi connectivity index (χ0v) is 12.4. The first-order valence-electron chi connectivity index (χ1n) is 6.89. The quantitative estimate of drug-likeness (QED) is 0.670. The summed E-state index contributed by atoms with van der Waals surface area (Å²) < 4.78 is 31.9. The van der Waals surface area contributed by atoms with Crippen LogP contribution in [0.25, 0.3) is 0 Å². The van der Waals surface area contributed by atoms with Gasteiger partial charge in [-0.05, 0) is 37.8 Å². The van der Waals surface area contributed by atoms with Crippen molar-refractivity contribution < 1.29 is 13.2 Å². The number of rotatable bonds is 9. The Bertz CT molecular complexity index is 512. The fraction of sp³-hybridized carbons (Fsp3) is 0.615. The van der Waals surface area contributed by atoms with Gasteiger partial charge in [0.05, 0.1) is 6.61 Å². The van der Waals surface area contributed by atoms with Crippen molar-refractivity contribution in [1.82, 2.24) is 9.71 Å². The van der Waals surface area contributed by atoms with Gasteiger partial charge in [-0.25, -0.2) is 18.1 Å². The summed E-state index contributed by atoms with van der Waals surface area (Å²) in [5.41, 5.74) is 0. The van der Waals surface area contributed by atoms with Crippen LogP contribution in [0.15, 0.2) is 23.2 Å². The predicted octanol–water partition coefficient (Wildman–Crippen LogP) is 1.22. The van der Waals surface area contributed by atoms with Crippen LogP contribution in [0.4, 0.5) is 5.82 Å². The summed E-state index contributed by atoms with van der Waals surface area (Å²) >= 11 is 0. The highest BCUT2D eigenvalue weighted by molar-refractivity contribution is 7.89. The van der Waals surface area contributed by atoms with Gasteiger partial charge < -0.3 is 10.1 Å². The van der Waals surface area contributed by atoms with E-state index in [1.165, 1.54) is 19.0 Å². The van der Waals surface area contributed by atoms with E-state index in [1.54, 1.807) is 12.1 Å². The first-order chi connectivity index (χ1) is 9.62. The van der Waals surface area contributed by atoms with Gasteiger partial charge in [-0.3, -0.25) is 0 Å². The fourth-order valence-corrected chi connectivity index (χ4v) is 2.65.